The summed E-state index contributed by atoms with van der Waals surface area (Å²) in [6, 6.07) is 12.7. The van der Waals surface area contributed by atoms with E-state index in [1.807, 2.05) is 0 Å². The maximum absolute atomic E-state index is 13.0. The molecule has 5 nitrogen and oxygen atoms in total. The molecule has 0 spiro atoms. The van der Waals surface area contributed by atoms with Crippen LogP contribution in [-0.2, 0) is 19.9 Å². The summed E-state index contributed by atoms with van der Waals surface area (Å²) in [6.07, 6.45) is 4.12. The van der Waals surface area contributed by atoms with Gasteiger partial charge < -0.3 is 0 Å². The molecule has 26 heavy (non-hydrogen) atoms. The first-order chi connectivity index (χ1) is 12.2. The highest BCUT2D eigenvalue weighted by atomic mass is 35.5. The molecular weight excluding hydrogens is 394 g/mol. The Morgan fingerprint density at radius 3 is 2.42 bits per heavy atom. The molecule has 0 N–H and O–H groups in total. The molecule has 0 amide bonds. The lowest BCUT2D eigenvalue weighted by molar-refractivity contribution is 0.588. The van der Waals surface area contributed by atoms with Crippen LogP contribution < -0.4 is 0 Å². The zero-order valence-corrected chi connectivity index (χ0v) is 16.1. The summed E-state index contributed by atoms with van der Waals surface area (Å²) in [5, 5.41) is 1.97. The second kappa shape index (κ2) is 6.90. The molecular formula is C18H15ClNO4S2. The standard InChI is InChI=1S/C18H15ClNO4S2/c1-2-25(21,22)11-10-14-13-20(18-12-15(19)8-9-17(14)18)26(23,24)16-6-4-3-5-7-16/h3-12H,2H2,1H3/b11-10+. The molecule has 0 fully saturated rings. The van der Waals surface area contributed by atoms with E-state index in [1.54, 1.807) is 30.3 Å². The van der Waals surface area contributed by atoms with Crippen LogP contribution in [0.25, 0.3) is 17.0 Å². The number of halogens is 1. The Kier molecular flexibility index (Phi) is 4.96. The Hall–Kier alpha value is -2.09. The van der Waals surface area contributed by atoms with Crippen LogP contribution in [0.4, 0.5) is 0 Å². The van der Waals surface area contributed by atoms with Gasteiger partial charge in [-0.3, -0.25) is 0 Å². The number of sulfone groups is 1. The minimum absolute atomic E-state index is 0.0454. The molecule has 0 saturated carbocycles. The lowest BCUT2D eigenvalue weighted by atomic mass is 10.2. The van der Waals surface area contributed by atoms with E-state index in [0.717, 1.165) is 9.38 Å². The van der Waals surface area contributed by atoms with E-state index in [0.29, 0.717) is 21.5 Å². The minimum Gasteiger partial charge on any atom is -0.231 e. The molecule has 0 aliphatic heterocycles. The second-order valence-electron chi connectivity index (χ2n) is 5.52. The number of hydrogen-bond acceptors (Lipinski definition) is 4. The number of hydrogen-bond donors (Lipinski definition) is 0. The summed E-state index contributed by atoms with van der Waals surface area (Å²) in [5.74, 6) is -0.0454. The molecule has 0 atom stereocenters. The van der Waals surface area contributed by atoms with Crippen molar-refractivity contribution in [3.63, 3.8) is 0 Å². The molecule has 8 heteroatoms. The van der Waals surface area contributed by atoms with Crippen molar-refractivity contribution >= 4 is 48.4 Å². The fourth-order valence-corrected chi connectivity index (χ4v) is 4.46. The maximum atomic E-state index is 13.0. The van der Waals surface area contributed by atoms with Crippen molar-refractivity contribution in [2.75, 3.05) is 5.75 Å². The van der Waals surface area contributed by atoms with Crippen molar-refractivity contribution in [1.29, 1.82) is 0 Å². The fraction of sp³-hybridized carbons (Fsp3) is 0.111. The molecule has 1 radical (unpaired) electrons. The third-order valence-electron chi connectivity index (χ3n) is 3.82. The summed E-state index contributed by atoms with van der Waals surface area (Å²) < 4.78 is 50.4. The zero-order chi connectivity index (χ0) is 18.9. The lowest BCUT2D eigenvalue weighted by Crippen LogP contribution is -2.11. The van der Waals surface area contributed by atoms with E-state index in [1.165, 1.54) is 31.2 Å². The second-order valence-corrected chi connectivity index (χ2v) is 9.92. The van der Waals surface area contributed by atoms with Crippen LogP contribution in [0.3, 0.4) is 0 Å². The van der Waals surface area contributed by atoms with Crippen LogP contribution in [0.2, 0.25) is 5.02 Å². The molecule has 1 heterocycles. The molecule has 3 rings (SSSR count). The average molecular weight is 409 g/mol. The van der Waals surface area contributed by atoms with Crippen molar-refractivity contribution < 1.29 is 16.8 Å². The summed E-state index contributed by atoms with van der Waals surface area (Å²) in [5.41, 5.74) is 0.683. The number of aromatic nitrogens is 1. The predicted octanol–water partition coefficient (Wildman–Crippen LogP) is 3.74. The SMILES string of the molecule is CCS(=O)(=O)/C=C/c1[c]n(S(=O)(=O)c2ccccc2)c2cc(Cl)ccc12. The molecule has 3 aromatic rings. The molecule has 0 aliphatic carbocycles. The van der Waals surface area contributed by atoms with Crippen molar-refractivity contribution in [3.8, 4) is 0 Å². The van der Waals surface area contributed by atoms with E-state index in [9.17, 15) is 16.8 Å². The molecule has 135 valence electrons. The van der Waals surface area contributed by atoms with Gasteiger partial charge in [-0.25, -0.2) is 20.8 Å². The summed E-state index contributed by atoms with van der Waals surface area (Å²) >= 11 is 6.03. The van der Waals surface area contributed by atoms with Crippen LogP contribution in [0.1, 0.15) is 12.5 Å². The van der Waals surface area contributed by atoms with E-state index in [2.05, 4.69) is 6.20 Å². The smallest absolute Gasteiger partial charge is 0.231 e. The third kappa shape index (κ3) is 3.56. The van der Waals surface area contributed by atoms with Gasteiger partial charge in [0.2, 0.25) is 0 Å². The van der Waals surface area contributed by atoms with Crippen LogP contribution >= 0.6 is 11.6 Å². The molecule has 1 aromatic heterocycles. The Morgan fingerprint density at radius 2 is 1.77 bits per heavy atom. The molecule has 2 aromatic carbocycles. The van der Waals surface area contributed by atoms with Crippen LogP contribution in [0.5, 0.6) is 0 Å². The van der Waals surface area contributed by atoms with Gasteiger partial charge in [-0.15, -0.1) is 0 Å². The largest absolute Gasteiger partial charge is 0.268 e. The summed E-state index contributed by atoms with van der Waals surface area (Å²) in [7, 11) is -7.26. The van der Waals surface area contributed by atoms with Gasteiger partial charge in [0, 0.05) is 21.4 Å². The molecule has 0 saturated heterocycles. The van der Waals surface area contributed by atoms with Crippen molar-refractivity contribution in [3.05, 3.63) is 70.7 Å². The van der Waals surface area contributed by atoms with Gasteiger partial charge in [-0.1, -0.05) is 42.8 Å². The van der Waals surface area contributed by atoms with Gasteiger partial charge in [-0.2, -0.15) is 0 Å². The predicted molar refractivity (Wildman–Crippen MR) is 103 cm³/mol. The average Bonchev–Trinajstić information content (AvgIpc) is 2.99. The normalized spacial score (nSPS) is 12.8. The van der Waals surface area contributed by atoms with Crippen LogP contribution in [0.15, 0.2) is 58.8 Å². The Labute approximate surface area is 157 Å². The monoisotopic (exact) mass is 408 g/mol. The zero-order valence-electron chi connectivity index (χ0n) is 13.8. The van der Waals surface area contributed by atoms with Gasteiger partial charge in [0.05, 0.1) is 22.4 Å². The Balaban J connectivity index is 2.26. The highest BCUT2D eigenvalue weighted by Crippen LogP contribution is 2.29. The fourth-order valence-electron chi connectivity index (χ4n) is 2.41. The first-order valence-electron chi connectivity index (χ1n) is 7.69. The van der Waals surface area contributed by atoms with Crippen molar-refractivity contribution in [2.24, 2.45) is 0 Å². The van der Waals surface area contributed by atoms with Crippen LogP contribution in [0, 0.1) is 6.20 Å². The third-order valence-corrected chi connectivity index (χ3v) is 7.04. The molecule has 0 bridgehead atoms. The van der Waals surface area contributed by atoms with E-state index < -0.39 is 19.9 Å². The summed E-state index contributed by atoms with van der Waals surface area (Å²) in [6.45, 7) is 1.53. The first kappa shape index (κ1) is 18.7. The molecule has 0 unspecified atom stereocenters. The van der Waals surface area contributed by atoms with Crippen molar-refractivity contribution in [1.82, 2.24) is 3.97 Å². The highest BCUT2D eigenvalue weighted by Gasteiger charge is 2.21. The summed E-state index contributed by atoms with van der Waals surface area (Å²) in [4.78, 5) is 0.102. The van der Waals surface area contributed by atoms with Gasteiger partial charge in [-0.05, 0) is 30.3 Å². The number of benzene rings is 2. The van der Waals surface area contributed by atoms with Crippen molar-refractivity contribution in [2.45, 2.75) is 11.8 Å². The van der Waals surface area contributed by atoms with Gasteiger partial charge in [0.25, 0.3) is 10.0 Å². The highest BCUT2D eigenvalue weighted by molar-refractivity contribution is 7.94. The number of fused-ring (bicyclic) bond motifs is 1. The Bertz CT molecular complexity index is 1190. The topological polar surface area (TPSA) is 73.2 Å². The molecule has 0 aliphatic rings. The van der Waals surface area contributed by atoms with Gasteiger partial charge >= 0.3 is 0 Å². The quantitative estimate of drug-likeness (QED) is 0.644. The maximum Gasteiger partial charge on any atom is 0.268 e. The van der Waals surface area contributed by atoms with Gasteiger partial charge in [0.1, 0.15) is 0 Å². The van der Waals surface area contributed by atoms with E-state index >= 15 is 0 Å². The van der Waals surface area contributed by atoms with E-state index in [4.69, 9.17) is 11.6 Å². The number of rotatable bonds is 5. The Morgan fingerprint density at radius 1 is 1.08 bits per heavy atom. The number of nitrogens with zero attached hydrogens (tertiary/aromatic N) is 1. The van der Waals surface area contributed by atoms with E-state index in [-0.39, 0.29) is 10.6 Å². The van der Waals surface area contributed by atoms with Crippen LogP contribution in [-0.4, -0.2) is 26.6 Å². The lowest BCUT2D eigenvalue weighted by Gasteiger charge is -2.07. The minimum atomic E-state index is -3.90. The first-order valence-corrected chi connectivity index (χ1v) is 11.2. The van der Waals surface area contributed by atoms with Gasteiger partial charge in [0.15, 0.2) is 9.84 Å².